The standard InChI is InChI=1S/C18H13NO/c1-12-13(16-7-4-5-11-19-16)9-10-15-14-6-2-3-8-17(14)20-18(12)15/h2-11H,1H3. The molecule has 0 spiro atoms. The minimum Gasteiger partial charge on any atom is -0.456 e. The lowest BCUT2D eigenvalue weighted by Crippen LogP contribution is -1.86. The molecule has 0 N–H and O–H groups in total. The molecular weight excluding hydrogens is 246 g/mol. The van der Waals surface area contributed by atoms with Crippen LogP contribution in [-0.4, -0.2) is 4.98 Å². The molecule has 2 nitrogen and oxygen atoms in total. The first-order valence-electron chi connectivity index (χ1n) is 6.67. The molecule has 0 unspecified atom stereocenters. The van der Waals surface area contributed by atoms with Gasteiger partial charge in [0.05, 0.1) is 5.69 Å². The van der Waals surface area contributed by atoms with E-state index in [1.807, 2.05) is 42.6 Å². The smallest absolute Gasteiger partial charge is 0.139 e. The van der Waals surface area contributed by atoms with Gasteiger partial charge in [0, 0.05) is 28.1 Å². The van der Waals surface area contributed by atoms with Gasteiger partial charge in [0.1, 0.15) is 11.2 Å². The van der Waals surface area contributed by atoms with E-state index in [4.69, 9.17) is 4.42 Å². The number of nitrogens with zero attached hydrogens (tertiary/aromatic N) is 1. The van der Waals surface area contributed by atoms with E-state index in [1.165, 1.54) is 0 Å². The monoisotopic (exact) mass is 259 g/mol. The molecule has 0 aliphatic heterocycles. The highest BCUT2D eigenvalue weighted by atomic mass is 16.3. The Labute approximate surface area is 116 Å². The summed E-state index contributed by atoms with van der Waals surface area (Å²) in [6, 6.07) is 18.4. The fraction of sp³-hybridized carbons (Fsp3) is 0.0556. The third-order valence-corrected chi connectivity index (χ3v) is 3.74. The molecule has 0 saturated carbocycles. The van der Waals surface area contributed by atoms with Gasteiger partial charge in [-0.2, -0.15) is 0 Å². The Morgan fingerprint density at radius 3 is 2.55 bits per heavy atom. The number of benzene rings is 2. The topological polar surface area (TPSA) is 26.0 Å². The first kappa shape index (κ1) is 11.2. The zero-order chi connectivity index (χ0) is 13.5. The molecule has 0 aliphatic carbocycles. The van der Waals surface area contributed by atoms with Crippen LogP contribution in [0.1, 0.15) is 5.56 Å². The molecule has 0 fully saturated rings. The van der Waals surface area contributed by atoms with Gasteiger partial charge in [-0.25, -0.2) is 0 Å². The van der Waals surface area contributed by atoms with E-state index in [9.17, 15) is 0 Å². The predicted molar refractivity (Wildman–Crippen MR) is 81.7 cm³/mol. The molecule has 2 aromatic heterocycles. The van der Waals surface area contributed by atoms with Crippen LogP contribution < -0.4 is 0 Å². The number of aryl methyl sites for hydroxylation is 1. The summed E-state index contributed by atoms with van der Waals surface area (Å²) in [5.41, 5.74) is 5.13. The molecule has 0 atom stereocenters. The normalized spacial score (nSPS) is 11.2. The number of hydrogen-bond acceptors (Lipinski definition) is 2. The first-order valence-corrected chi connectivity index (χ1v) is 6.67. The molecule has 96 valence electrons. The van der Waals surface area contributed by atoms with Gasteiger partial charge in [-0.3, -0.25) is 4.98 Å². The van der Waals surface area contributed by atoms with E-state index in [1.54, 1.807) is 0 Å². The van der Waals surface area contributed by atoms with Crippen LogP contribution in [0.5, 0.6) is 0 Å². The quantitative estimate of drug-likeness (QED) is 0.483. The molecular formula is C18H13NO. The summed E-state index contributed by atoms with van der Waals surface area (Å²) in [5, 5.41) is 2.33. The fourth-order valence-corrected chi connectivity index (χ4v) is 2.72. The molecule has 0 aliphatic rings. The Bertz CT molecular complexity index is 907. The summed E-state index contributed by atoms with van der Waals surface area (Å²) < 4.78 is 6.02. The van der Waals surface area contributed by atoms with Crippen LogP contribution in [0.3, 0.4) is 0 Å². The molecule has 0 radical (unpaired) electrons. The molecule has 4 aromatic rings. The van der Waals surface area contributed by atoms with Gasteiger partial charge in [-0.1, -0.05) is 30.3 Å². The number of para-hydroxylation sites is 1. The van der Waals surface area contributed by atoms with E-state index in [0.717, 1.165) is 38.8 Å². The van der Waals surface area contributed by atoms with Crippen molar-refractivity contribution in [3.8, 4) is 11.3 Å². The summed E-state index contributed by atoms with van der Waals surface area (Å²) >= 11 is 0. The average molecular weight is 259 g/mol. The zero-order valence-electron chi connectivity index (χ0n) is 11.1. The van der Waals surface area contributed by atoms with Gasteiger partial charge in [0.15, 0.2) is 0 Å². The molecule has 4 rings (SSSR count). The molecule has 2 heterocycles. The van der Waals surface area contributed by atoms with Crippen molar-refractivity contribution < 1.29 is 4.42 Å². The van der Waals surface area contributed by atoms with Crippen molar-refractivity contribution in [2.45, 2.75) is 6.92 Å². The molecule has 0 amide bonds. The number of furan rings is 1. The fourth-order valence-electron chi connectivity index (χ4n) is 2.72. The van der Waals surface area contributed by atoms with Crippen molar-refractivity contribution in [3.05, 3.63) is 66.4 Å². The van der Waals surface area contributed by atoms with Crippen LogP contribution in [0.4, 0.5) is 0 Å². The summed E-state index contributed by atoms with van der Waals surface area (Å²) in [4.78, 5) is 4.43. The first-order chi connectivity index (χ1) is 9.84. The third-order valence-electron chi connectivity index (χ3n) is 3.74. The lowest BCUT2D eigenvalue weighted by Gasteiger charge is -2.05. The van der Waals surface area contributed by atoms with Gasteiger partial charge >= 0.3 is 0 Å². The van der Waals surface area contributed by atoms with E-state index >= 15 is 0 Å². The SMILES string of the molecule is Cc1c(-c2ccccn2)ccc2c1oc1ccccc12. The van der Waals surface area contributed by atoms with E-state index < -0.39 is 0 Å². The highest BCUT2D eigenvalue weighted by molar-refractivity contribution is 6.07. The number of fused-ring (bicyclic) bond motifs is 3. The van der Waals surface area contributed by atoms with Crippen molar-refractivity contribution in [1.82, 2.24) is 4.98 Å². The second-order valence-corrected chi connectivity index (χ2v) is 4.93. The Hall–Kier alpha value is -2.61. The van der Waals surface area contributed by atoms with Crippen LogP contribution in [0.25, 0.3) is 33.2 Å². The molecule has 2 aromatic carbocycles. The maximum absolute atomic E-state index is 6.02. The number of hydrogen-bond donors (Lipinski definition) is 0. The Morgan fingerprint density at radius 1 is 0.850 bits per heavy atom. The predicted octanol–water partition coefficient (Wildman–Crippen LogP) is 4.96. The molecule has 2 heteroatoms. The van der Waals surface area contributed by atoms with E-state index in [0.29, 0.717) is 0 Å². The largest absolute Gasteiger partial charge is 0.456 e. The third kappa shape index (κ3) is 1.55. The van der Waals surface area contributed by atoms with Crippen molar-refractivity contribution in [2.75, 3.05) is 0 Å². The number of pyridine rings is 1. The summed E-state index contributed by atoms with van der Waals surface area (Å²) in [6.07, 6.45) is 1.82. The van der Waals surface area contributed by atoms with E-state index in [2.05, 4.69) is 30.1 Å². The van der Waals surface area contributed by atoms with Crippen LogP contribution in [-0.2, 0) is 0 Å². The molecule has 20 heavy (non-hydrogen) atoms. The lowest BCUT2D eigenvalue weighted by atomic mass is 10.0. The lowest BCUT2D eigenvalue weighted by molar-refractivity contribution is 0.666. The second kappa shape index (κ2) is 4.20. The molecule has 0 bridgehead atoms. The Kier molecular flexibility index (Phi) is 2.36. The van der Waals surface area contributed by atoms with Crippen molar-refractivity contribution in [1.29, 1.82) is 0 Å². The zero-order valence-corrected chi connectivity index (χ0v) is 11.1. The minimum atomic E-state index is 0.934. The van der Waals surface area contributed by atoms with Gasteiger partial charge in [-0.15, -0.1) is 0 Å². The second-order valence-electron chi connectivity index (χ2n) is 4.93. The van der Waals surface area contributed by atoms with Crippen molar-refractivity contribution in [3.63, 3.8) is 0 Å². The summed E-state index contributed by atoms with van der Waals surface area (Å²) in [6.45, 7) is 2.09. The van der Waals surface area contributed by atoms with Gasteiger partial charge in [0.2, 0.25) is 0 Å². The van der Waals surface area contributed by atoms with Crippen LogP contribution in [0.2, 0.25) is 0 Å². The van der Waals surface area contributed by atoms with Crippen molar-refractivity contribution >= 4 is 21.9 Å². The van der Waals surface area contributed by atoms with E-state index in [-0.39, 0.29) is 0 Å². The van der Waals surface area contributed by atoms with Gasteiger partial charge in [0.25, 0.3) is 0 Å². The number of rotatable bonds is 1. The Morgan fingerprint density at radius 2 is 1.70 bits per heavy atom. The maximum atomic E-state index is 6.02. The Balaban J connectivity index is 2.07. The van der Waals surface area contributed by atoms with Gasteiger partial charge < -0.3 is 4.42 Å². The highest BCUT2D eigenvalue weighted by Crippen LogP contribution is 2.34. The van der Waals surface area contributed by atoms with Crippen LogP contribution >= 0.6 is 0 Å². The average Bonchev–Trinajstić information content (AvgIpc) is 2.88. The maximum Gasteiger partial charge on any atom is 0.139 e. The van der Waals surface area contributed by atoms with Crippen molar-refractivity contribution in [2.24, 2.45) is 0 Å². The minimum absolute atomic E-state index is 0.934. The molecule has 0 saturated heterocycles. The number of aromatic nitrogens is 1. The summed E-state index contributed by atoms with van der Waals surface area (Å²) in [5.74, 6) is 0. The van der Waals surface area contributed by atoms with Gasteiger partial charge in [-0.05, 0) is 31.2 Å². The summed E-state index contributed by atoms with van der Waals surface area (Å²) in [7, 11) is 0. The van der Waals surface area contributed by atoms with Crippen LogP contribution in [0, 0.1) is 6.92 Å². The van der Waals surface area contributed by atoms with Crippen LogP contribution in [0.15, 0.2) is 65.2 Å². The highest BCUT2D eigenvalue weighted by Gasteiger charge is 2.12.